The summed E-state index contributed by atoms with van der Waals surface area (Å²) in [6.07, 6.45) is -3.99. The number of alkyl halides is 3. The monoisotopic (exact) mass is 368 g/mol. The van der Waals surface area contributed by atoms with Crippen molar-refractivity contribution in [3.05, 3.63) is 62.4 Å². The first kappa shape index (κ1) is 16.9. The Hall–Kier alpha value is -1.50. The molecule has 0 aliphatic heterocycles. The Morgan fingerprint density at radius 3 is 2.27 bits per heavy atom. The van der Waals surface area contributed by atoms with E-state index in [0.717, 1.165) is 0 Å². The van der Waals surface area contributed by atoms with Crippen molar-refractivity contribution in [2.75, 3.05) is 0 Å². The minimum atomic E-state index is -4.58. The van der Waals surface area contributed by atoms with Crippen molar-refractivity contribution in [1.29, 1.82) is 0 Å². The number of aromatic nitrogens is 1. The summed E-state index contributed by atoms with van der Waals surface area (Å²) in [5, 5.41) is 12.3. The molecule has 1 N–H and O–H groups in total. The topological polar surface area (TPSA) is 45.5 Å². The van der Waals surface area contributed by atoms with Gasteiger partial charge in [0.05, 0.1) is 15.6 Å². The van der Waals surface area contributed by atoms with Crippen LogP contribution in [0.1, 0.15) is 16.8 Å². The molecule has 1 aromatic heterocycles. The van der Waals surface area contributed by atoms with Crippen LogP contribution in [0.5, 0.6) is 0 Å². The van der Waals surface area contributed by atoms with Crippen molar-refractivity contribution in [2.45, 2.75) is 6.18 Å². The van der Waals surface area contributed by atoms with E-state index in [4.69, 9.17) is 40.0 Å². The molecule has 116 valence electrons. The average Bonchev–Trinajstić information content (AvgIpc) is 2.42. The highest BCUT2D eigenvalue weighted by atomic mass is 35.5. The summed E-state index contributed by atoms with van der Waals surface area (Å²) in [6, 6.07) is 5.00. The van der Waals surface area contributed by atoms with Gasteiger partial charge in [0, 0.05) is 16.8 Å². The number of oxime groups is 1. The number of benzene rings is 1. The maximum atomic E-state index is 12.6. The molecule has 2 rings (SSSR count). The molecule has 0 saturated carbocycles. The molecule has 0 atom stereocenters. The number of rotatable bonds is 2. The third kappa shape index (κ3) is 3.45. The van der Waals surface area contributed by atoms with E-state index < -0.39 is 11.7 Å². The molecule has 0 saturated heterocycles. The van der Waals surface area contributed by atoms with Gasteiger partial charge in [-0.2, -0.15) is 13.2 Å². The van der Waals surface area contributed by atoms with Crippen molar-refractivity contribution in [3.8, 4) is 0 Å². The summed E-state index contributed by atoms with van der Waals surface area (Å²) in [5.41, 5.74) is -1.09. The second-order valence-corrected chi connectivity index (χ2v) is 5.38. The molecule has 0 fully saturated rings. The van der Waals surface area contributed by atoms with E-state index >= 15 is 0 Å². The van der Waals surface area contributed by atoms with Crippen LogP contribution in [0.4, 0.5) is 13.2 Å². The second-order valence-electron chi connectivity index (χ2n) is 4.12. The third-order valence-electron chi connectivity index (χ3n) is 2.68. The van der Waals surface area contributed by atoms with Gasteiger partial charge < -0.3 is 5.21 Å². The molecule has 0 aliphatic rings. The van der Waals surface area contributed by atoms with Gasteiger partial charge in [0.2, 0.25) is 0 Å². The van der Waals surface area contributed by atoms with Crippen LogP contribution >= 0.6 is 34.8 Å². The summed E-state index contributed by atoms with van der Waals surface area (Å²) < 4.78 is 37.8. The van der Waals surface area contributed by atoms with E-state index in [1.807, 2.05) is 0 Å². The smallest absolute Gasteiger partial charge is 0.410 e. The summed E-state index contributed by atoms with van der Waals surface area (Å²) in [5.74, 6) is 0. The molecule has 0 spiro atoms. The normalized spacial score (nSPS) is 12.5. The summed E-state index contributed by atoms with van der Waals surface area (Å²) in [6.45, 7) is 0. The highest BCUT2D eigenvalue weighted by Crippen LogP contribution is 2.32. The van der Waals surface area contributed by atoms with Crippen LogP contribution < -0.4 is 0 Å². The molecule has 0 amide bonds. The van der Waals surface area contributed by atoms with Crippen LogP contribution in [0.25, 0.3) is 0 Å². The van der Waals surface area contributed by atoms with Gasteiger partial charge in [-0.05, 0) is 24.3 Å². The minimum Gasteiger partial charge on any atom is -0.410 e. The van der Waals surface area contributed by atoms with Gasteiger partial charge in [-0.1, -0.05) is 40.0 Å². The fraction of sp³-hybridized carbons (Fsp3) is 0.0769. The standard InChI is InChI=1S/C13H6Cl3F3N2O/c14-7-1-2-8(9(15)4-7)11(21-22)12-10(16)3-6(5-20-12)13(17,18)19/h1-5,22H/b21-11-. The lowest BCUT2D eigenvalue weighted by Gasteiger charge is -2.11. The number of halogens is 6. The quantitative estimate of drug-likeness (QED) is 0.444. The van der Waals surface area contributed by atoms with Gasteiger partial charge in [-0.3, -0.25) is 4.98 Å². The van der Waals surface area contributed by atoms with Gasteiger partial charge >= 0.3 is 6.18 Å². The maximum Gasteiger partial charge on any atom is 0.417 e. The Balaban J connectivity index is 2.53. The van der Waals surface area contributed by atoms with Crippen LogP contribution in [0, 0.1) is 0 Å². The number of hydrogen-bond acceptors (Lipinski definition) is 3. The first-order chi connectivity index (χ1) is 10.2. The molecule has 9 heteroatoms. The molecular formula is C13H6Cl3F3N2O. The van der Waals surface area contributed by atoms with Crippen molar-refractivity contribution in [2.24, 2.45) is 5.16 Å². The molecule has 0 aliphatic carbocycles. The van der Waals surface area contributed by atoms with Crippen LogP contribution in [0.2, 0.25) is 15.1 Å². The Kier molecular flexibility index (Phi) is 4.84. The summed E-state index contributed by atoms with van der Waals surface area (Å²) in [7, 11) is 0. The predicted octanol–water partition coefficient (Wildman–Crippen LogP) is 5.29. The van der Waals surface area contributed by atoms with Gasteiger partial charge in [0.25, 0.3) is 0 Å². The van der Waals surface area contributed by atoms with Gasteiger partial charge in [-0.15, -0.1) is 0 Å². The molecule has 0 unspecified atom stereocenters. The number of hydrogen-bond donors (Lipinski definition) is 1. The highest BCUT2D eigenvalue weighted by molar-refractivity contribution is 6.39. The Morgan fingerprint density at radius 2 is 1.77 bits per heavy atom. The Labute approximate surface area is 137 Å². The Morgan fingerprint density at radius 1 is 1.09 bits per heavy atom. The zero-order valence-corrected chi connectivity index (χ0v) is 12.8. The zero-order valence-electron chi connectivity index (χ0n) is 10.5. The van der Waals surface area contributed by atoms with Gasteiger partial charge in [0.15, 0.2) is 0 Å². The fourth-order valence-corrected chi connectivity index (χ4v) is 2.43. The highest BCUT2D eigenvalue weighted by Gasteiger charge is 2.32. The van der Waals surface area contributed by atoms with Crippen molar-refractivity contribution < 1.29 is 18.4 Å². The Bertz CT molecular complexity index is 748. The van der Waals surface area contributed by atoms with Crippen LogP contribution in [-0.2, 0) is 6.18 Å². The van der Waals surface area contributed by atoms with Gasteiger partial charge in [-0.25, -0.2) is 0 Å². The lowest BCUT2D eigenvalue weighted by atomic mass is 10.1. The zero-order chi connectivity index (χ0) is 16.5. The first-order valence-electron chi connectivity index (χ1n) is 5.64. The van der Waals surface area contributed by atoms with Crippen molar-refractivity contribution in [1.82, 2.24) is 4.98 Å². The minimum absolute atomic E-state index is 0.137. The largest absolute Gasteiger partial charge is 0.417 e. The van der Waals surface area contributed by atoms with Crippen LogP contribution in [0.3, 0.4) is 0 Å². The van der Waals surface area contributed by atoms with Gasteiger partial charge in [0.1, 0.15) is 11.4 Å². The van der Waals surface area contributed by atoms with Crippen LogP contribution in [0.15, 0.2) is 35.6 Å². The molecule has 2 aromatic rings. The van der Waals surface area contributed by atoms with E-state index in [0.29, 0.717) is 17.3 Å². The van der Waals surface area contributed by atoms with E-state index in [2.05, 4.69) is 10.1 Å². The van der Waals surface area contributed by atoms with Crippen molar-refractivity contribution >= 4 is 40.5 Å². The molecule has 0 bridgehead atoms. The summed E-state index contributed by atoms with van der Waals surface area (Å²) >= 11 is 17.6. The van der Waals surface area contributed by atoms with E-state index in [1.54, 1.807) is 0 Å². The number of nitrogens with zero attached hydrogens (tertiary/aromatic N) is 2. The first-order valence-corrected chi connectivity index (χ1v) is 6.78. The molecule has 3 nitrogen and oxygen atoms in total. The van der Waals surface area contributed by atoms with Crippen LogP contribution in [-0.4, -0.2) is 15.9 Å². The van der Waals surface area contributed by atoms with E-state index in [1.165, 1.54) is 18.2 Å². The molecule has 1 heterocycles. The molecule has 22 heavy (non-hydrogen) atoms. The molecule has 0 radical (unpaired) electrons. The SMILES string of the molecule is O/N=C(/c1ccc(Cl)cc1Cl)c1ncc(C(F)(F)F)cc1Cl. The third-order valence-corrected chi connectivity index (χ3v) is 3.51. The molecular weight excluding hydrogens is 364 g/mol. The fourth-order valence-electron chi connectivity index (χ4n) is 1.68. The van der Waals surface area contributed by atoms with E-state index in [9.17, 15) is 13.2 Å². The average molecular weight is 370 g/mol. The lowest BCUT2D eigenvalue weighted by molar-refractivity contribution is -0.137. The lowest BCUT2D eigenvalue weighted by Crippen LogP contribution is -2.11. The van der Waals surface area contributed by atoms with E-state index in [-0.39, 0.29) is 27.0 Å². The number of pyridine rings is 1. The van der Waals surface area contributed by atoms with Crippen molar-refractivity contribution in [3.63, 3.8) is 0 Å². The molecule has 1 aromatic carbocycles. The second kappa shape index (κ2) is 6.32. The predicted molar refractivity (Wildman–Crippen MR) is 78.1 cm³/mol. The summed E-state index contributed by atoms with van der Waals surface area (Å²) in [4.78, 5) is 3.62. The maximum absolute atomic E-state index is 12.6.